The zero-order valence-electron chi connectivity index (χ0n) is 16.6. The van der Waals surface area contributed by atoms with Gasteiger partial charge in [-0.15, -0.1) is 0 Å². The van der Waals surface area contributed by atoms with Gasteiger partial charge < -0.3 is 0 Å². The molecule has 3 aliphatic rings. The van der Waals surface area contributed by atoms with Crippen molar-refractivity contribution < 1.29 is 0 Å². The maximum Gasteiger partial charge on any atom is 0.0738 e. The van der Waals surface area contributed by atoms with Crippen LogP contribution >= 0.6 is 0 Å². The van der Waals surface area contributed by atoms with E-state index >= 15 is 0 Å². The number of hydrogen-bond donors (Lipinski definition) is 0. The maximum atomic E-state index is 4.86. The minimum atomic E-state index is 0.331. The number of aromatic nitrogens is 1. The first kappa shape index (κ1) is 17.3. The van der Waals surface area contributed by atoms with Crippen molar-refractivity contribution in [2.45, 2.75) is 64.2 Å². The molecule has 1 nitrogen and oxygen atoms in total. The van der Waals surface area contributed by atoms with Gasteiger partial charge in [-0.3, -0.25) is 0 Å². The Hall–Kier alpha value is -2.15. The Kier molecular flexibility index (Phi) is 3.77. The van der Waals surface area contributed by atoms with Crippen LogP contribution in [-0.2, 0) is 10.8 Å². The van der Waals surface area contributed by atoms with Crippen LogP contribution in [0.1, 0.15) is 63.1 Å². The highest BCUT2D eigenvalue weighted by Crippen LogP contribution is 2.56. The summed E-state index contributed by atoms with van der Waals surface area (Å²) in [6, 6.07) is 9.25. The Morgan fingerprint density at radius 2 is 1.65 bits per heavy atom. The van der Waals surface area contributed by atoms with E-state index in [1.807, 2.05) is 6.92 Å². The van der Waals surface area contributed by atoms with Crippen molar-refractivity contribution in [3.05, 3.63) is 63.7 Å². The van der Waals surface area contributed by atoms with Crippen LogP contribution < -0.4 is 10.6 Å². The molecule has 0 atom stereocenters. The largest absolute Gasteiger partial charge is 0.248 e. The topological polar surface area (TPSA) is 12.9 Å². The Labute approximate surface area is 157 Å². The number of rotatable bonds is 2. The molecule has 2 bridgehead atoms. The first-order chi connectivity index (χ1) is 12.2. The molecule has 1 aromatic carbocycles. The highest BCUT2D eigenvalue weighted by atomic mass is 14.7. The van der Waals surface area contributed by atoms with Gasteiger partial charge in [-0.1, -0.05) is 50.8 Å². The summed E-state index contributed by atoms with van der Waals surface area (Å²) in [6.45, 7) is 17.2. The van der Waals surface area contributed by atoms with Crippen molar-refractivity contribution in [2.75, 3.05) is 0 Å². The van der Waals surface area contributed by atoms with Crippen LogP contribution in [0.5, 0.6) is 0 Å². The lowest BCUT2D eigenvalue weighted by Crippen LogP contribution is -2.44. The molecule has 1 heteroatoms. The van der Waals surface area contributed by atoms with Gasteiger partial charge in [-0.2, -0.15) is 0 Å². The first-order valence-electron chi connectivity index (χ1n) is 9.71. The normalized spacial score (nSPS) is 27.5. The van der Waals surface area contributed by atoms with Gasteiger partial charge in [-0.05, 0) is 79.2 Å². The maximum absolute atomic E-state index is 4.86. The van der Waals surface area contributed by atoms with E-state index in [9.17, 15) is 0 Å². The highest BCUT2D eigenvalue weighted by molar-refractivity contribution is 5.66. The smallest absolute Gasteiger partial charge is 0.0738 e. The van der Waals surface area contributed by atoms with Crippen LogP contribution in [0.25, 0.3) is 23.9 Å². The predicted octanol–water partition coefficient (Wildman–Crippen LogP) is 4.93. The molecule has 0 radical (unpaired) electrons. The molecular weight excluding hydrogens is 314 g/mol. The number of aryl methyl sites for hydroxylation is 1. The van der Waals surface area contributed by atoms with Gasteiger partial charge in [0.25, 0.3) is 0 Å². The highest BCUT2D eigenvalue weighted by Gasteiger charge is 2.47. The van der Waals surface area contributed by atoms with Crippen molar-refractivity contribution in [2.24, 2.45) is 0 Å². The lowest BCUT2D eigenvalue weighted by molar-refractivity contribution is 0.188. The molecule has 2 aromatic rings. The average Bonchev–Trinajstić information content (AvgIpc) is 2.59. The number of allylic oxidation sites excluding steroid dienone is 1. The molecule has 0 unspecified atom stereocenters. The summed E-state index contributed by atoms with van der Waals surface area (Å²) in [5.41, 5.74) is 8.33. The summed E-state index contributed by atoms with van der Waals surface area (Å²) < 4.78 is 0. The second-order valence-corrected chi connectivity index (χ2v) is 9.06. The van der Waals surface area contributed by atoms with Crippen molar-refractivity contribution in [1.29, 1.82) is 0 Å². The van der Waals surface area contributed by atoms with Crippen LogP contribution in [0.3, 0.4) is 0 Å². The Bertz CT molecular complexity index is 1020. The molecule has 134 valence electrons. The van der Waals surface area contributed by atoms with Crippen LogP contribution in [0, 0.1) is 6.92 Å². The molecule has 1 aromatic heterocycles. The van der Waals surface area contributed by atoms with Crippen LogP contribution in [-0.4, -0.2) is 4.98 Å². The Morgan fingerprint density at radius 3 is 2.27 bits per heavy atom. The summed E-state index contributed by atoms with van der Waals surface area (Å²) in [7, 11) is 0. The molecule has 0 saturated heterocycles. The third-order valence-corrected chi connectivity index (χ3v) is 6.78. The number of fused-ring (bicyclic) bond motifs is 2. The van der Waals surface area contributed by atoms with Crippen molar-refractivity contribution in [3.63, 3.8) is 0 Å². The van der Waals surface area contributed by atoms with Gasteiger partial charge >= 0.3 is 0 Å². The monoisotopic (exact) mass is 343 g/mol. The fraction of sp³-hybridized carbons (Fsp3) is 0.400. The van der Waals surface area contributed by atoms with E-state index in [1.54, 1.807) is 11.1 Å². The SMILES string of the molecule is C=C(C)/C=c1/cc(C)c(-c2ccc3c(c2)C2(C)CCC3(C)CC2)nc1=C. The van der Waals surface area contributed by atoms with E-state index in [4.69, 9.17) is 4.98 Å². The predicted molar refractivity (Wildman–Crippen MR) is 112 cm³/mol. The third-order valence-electron chi connectivity index (χ3n) is 6.78. The third kappa shape index (κ3) is 2.57. The molecular formula is C25H29N. The molecule has 1 heterocycles. The van der Waals surface area contributed by atoms with Gasteiger partial charge in [0.2, 0.25) is 0 Å². The van der Waals surface area contributed by atoms with Gasteiger partial charge in [0.15, 0.2) is 0 Å². The summed E-state index contributed by atoms with van der Waals surface area (Å²) in [6.07, 6.45) is 7.31. The molecule has 0 amide bonds. The van der Waals surface area contributed by atoms with E-state index in [0.29, 0.717) is 10.8 Å². The summed E-state index contributed by atoms with van der Waals surface area (Å²) >= 11 is 0. The summed E-state index contributed by atoms with van der Waals surface area (Å²) in [5.74, 6) is 0. The van der Waals surface area contributed by atoms with Crippen LogP contribution in [0.4, 0.5) is 0 Å². The fourth-order valence-electron chi connectivity index (χ4n) is 4.96. The minimum Gasteiger partial charge on any atom is -0.248 e. The Morgan fingerprint density at radius 1 is 1.04 bits per heavy atom. The molecule has 1 saturated carbocycles. The number of hydrogen-bond acceptors (Lipinski definition) is 1. The quantitative estimate of drug-likeness (QED) is 0.754. The number of nitrogens with zero attached hydrogens (tertiary/aromatic N) is 1. The van der Waals surface area contributed by atoms with Gasteiger partial charge in [0.1, 0.15) is 0 Å². The second kappa shape index (κ2) is 5.67. The Balaban J connectivity index is 1.88. The van der Waals surface area contributed by atoms with Gasteiger partial charge in [-0.25, -0.2) is 4.98 Å². The molecule has 0 N–H and O–H groups in total. The van der Waals surface area contributed by atoms with E-state index in [1.165, 1.54) is 36.8 Å². The van der Waals surface area contributed by atoms with Crippen molar-refractivity contribution in [1.82, 2.24) is 4.98 Å². The van der Waals surface area contributed by atoms with Gasteiger partial charge in [0, 0.05) is 10.8 Å². The van der Waals surface area contributed by atoms with Crippen molar-refractivity contribution >= 4 is 12.7 Å². The fourth-order valence-corrected chi connectivity index (χ4v) is 4.96. The van der Waals surface area contributed by atoms with Crippen LogP contribution in [0.2, 0.25) is 0 Å². The molecule has 5 rings (SSSR count). The molecule has 3 aliphatic carbocycles. The number of pyridine rings is 1. The zero-order chi connectivity index (χ0) is 18.7. The number of benzene rings is 1. The first-order valence-corrected chi connectivity index (χ1v) is 9.71. The lowest BCUT2D eigenvalue weighted by Gasteiger charge is -2.52. The lowest BCUT2D eigenvalue weighted by atomic mass is 9.52. The molecule has 26 heavy (non-hydrogen) atoms. The van der Waals surface area contributed by atoms with E-state index in [2.05, 4.69) is 64.3 Å². The van der Waals surface area contributed by atoms with Crippen LogP contribution in [0.15, 0.2) is 36.4 Å². The average molecular weight is 344 g/mol. The van der Waals surface area contributed by atoms with Crippen molar-refractivity contribution in [3.8, 4) is 11.3 Å². The zero-order valence-corrected chi connectivity index (χ0v) is 16.6. The van der Waals surface area contributed by atoms with E-state index in [0.717, 1.165) is 21.8 Å². The van der Waals surface area contributed by atoms with E-state index in [-0.39, 0.29) is 0 Å². The molecule has 0 spiro atoms. The molecule has 0 aliphatic heterocycles. The molecule has 1 fully saturated rings. The summed E-state index contributed by atoms with van der Waals surface area (Å²) in [5, 5.41) is 1.89. The summed E-state index contributed by atoms with van der Waals surface area (Å²) in [4.78, 5) is 4.86. The van der Waals surface area contributed by atoms with Gasteiger partial charge in [0.05, 0.1) is 11.0 Å². The standard InChI is InChI=1S/C25H29N/c1-16(2)13-20-14-17(3)23(26-18(20)4)19-7-8-21-22(15-19)25(6)11-9-24(21,5)10-12-25/h7-8,13-15H,1,4,9-12H2,2-3,5-6H3/b20-13-. The minimum absolute atomic E-state index is 0.331. The second-order valence-electron chi connectivity index (χ2n) is 9.06. The van der Waals surface area contributed by atoms with E-state index < -0.39 is 0 Å².